The second-order valence-electron chi connectivity index (χ2n) is 7.01. The van der Waals surface area contributed by atoms with Crippen molar-refractivity contribution in [1.82, 2.24) is 24.8 Å². The molecule has 1 amide bonds. The molecule has 3 heterocycles. The Labute approximate surface area is 185 Å². The predicted molar refractivity (Wildman–Crippen MR) is 112 cm³/mol. The average Bonchev–Trinajstić information content (AvgIpc) is 3.30. The number of imidazole rings is 1. The van der Waals surface area contributed by atoms with Crippen LogP contribution in [0.15, 0.2) is 36.9 Å². The molecule has 0 aliphatic carbocycles. The molecule has 1 saturated heterocycles. The molecule has 7 N–H and O–H groups in total. The quantitative estimate of drug-likeness (QED) is 0.223. The Bertz CT molecular complexity index is 1200. The number of nitrogens with one attached hydrogen (secondary N) is 1. The molecule has 1 unspecified atom stereocenters. The van der Waals surface area contributed by atoms with E-state index in [-0.39, 0.29) is 22.9 Å². The third-order valence-electron chi connectivity index (χ3n) is 4.94. The number of ether oxygens (including phenoxy) is 1. The lowest BCUT2D eigenvalue weighted by Crippen LogP contribution is -2.31. The molecular weight excluding hydrogens is 444 g/mol. The van der Waals surface area contributed by atoms with E-state index in [0.29, 0.717) is 11.2 Å². The van der Waals surface area contributed by atoms with Crippen LogP contribution < -0.4 is 11.1 Å². The molecule has 3 aromatic rings. The molecule has 1 fully saturated rings. The van der Waals surface area contributed by atoms with Gasteiger partial charge < -0.3 is 36.2 Å². The number of hydrogen-bond donors (Lipinski definition) is 6. The van der Waals surface area contributed by atoms with Gasteiger partial charge in [-0.1, -0.05) is 23.8 Å². The van der Waals surface area contributed by atoms with Crippen molar-refractivity contribution in [2.45, 2.75) is 24.5 Å². The van der Waals surface area contributed by atoms with Gasteiger partial charge in [-0.3, -0.25) is 9.36 Å². The number of carbonyl (C=O) groups is 1. The molecule has 1 aromatic carbocycles. The Morgan fingerprint density at radius 3 is 2.81 bits per heavy atom. The number of benzene rings is 1. The minimum Gasteiger partial charge on any atom is -0.504 e. The molecule has 0 radical (unpaired) electrons. The molecule has 1 aliphatic rings. The Morgan fingerprint density at radius 2 is 2.03 bits per heavy atom. The summed E-state index contributed by atoms with van der Waals surface area (Å²) in [5.41, 5.74) is 6.26. The highest BCUT2D eigenvalue weighted by Crippen LogP contribution is 2.33. The summed E-state index contributed by atoms with van der Waals surface area (Å²) in [5.74, 6) is -1.60. The van der Waals surface area contributed by atoms with E-state index in [1.165, 1.54) is 35.4 Å². The van der Waals surface area contributed by atoms with Gasteiger partial charge in [-0.15, -0.1) is 0 Å². The van der Waals surface area contributed by atoms with E-state index in [1.807, 2.05) is 0 Å². The molecule has 0 spiro atoms. The number of amides is 1. The number of phenols is 2. The number of halogens is 1. The van der Waals surface area contributed by atoms with Crippen LogP contribution in [0.4, 0.5) is 5.82 Å². The summed E-state index contributed by atoms with van der Waals surface area (Å²) in [5, 5.41) is 42.8. The Morgan fingerprint density at radius 1 is 1.25 bits per heavy atom. The summed E-state index contributed by atoms with van der Waals surface area (Å²) in [6, 6.07) is 2.32. The fourth-order valence-corrected chi connectivity index (χ4v) is 3.55. The summed E-state index contributed by atoms with van der Waals surface area (Å²) >= 11 is 5.79. The lowest BCUT2D eigenvalue weighted by atomic mass is 10.1. The molecule has 1 aliphatic heterocycles. The average molecular weight is 463 g/mol. The first kappa shape index (κ1) is 21.8. The molecule has 4 atom stereocenters. The van der Waals surface area contributed by atoms with E-state index < -0.39 is 41.9 Å². The van der Waals surface area contributed by atoms with Crippen molar-refractivity contribution in [3.63, 3.8) is 0 Å². The number of fused-ring (bicyclic) bond motifs is 1. The van der Waals surface area contributed by atoms with Crippen LogP contribution in [-0.2, 0) is 4.74 Å². The maximum Gasteiger partial charge on any atom is 0.255 e. The fourth-order valence-electron chi connectivity index (χ4n) is 3.34. The van der Waals surface area contributed by atoms with Crippen LogP contribution in [-0.4, -0.2) is 70.7 Å². The fraction of sp³-hybridized carbons (Fsp3) is 0.263. The van der Waals surface area contributed by atoms with Crippen molar-refractivity contribution in [2.24, 2.45) is 0 Å². The third-order valence-corrected chi connectivity index (χ3v) is 5.16. The maximum absolute atomic E-state index is 12.2. The zero-order valence-electron chi connectivity index (χ0n) is 16.3. The van der Waals surface area contributed by atoms with Crippen LogP contribution in [0.5, 0.6) is 11.5 Å². The lowest BCUT2D eigenvalue weighted by molar-refractivity contribution is -0.0245. The predicted octanol–water partition coefficient (Wildman–Crippen LogP) is 0.0785. The second-order valence-corrected chi connectivity index (χ2v) is 7.45. The second kappa shape index (κ2) is 8.59. The highest BCUT2D eigenvalue weighted by Gasteiger charge is 2.43. The number of carbonyl (C=O) groups excluding carboxylic acids is 1. The van der Waals surface area contributed by atoms with E-state index in [4.69, 9.17) is 22.1 Å². The molecule has 32 heavy (non-hydrogen) atoms. The number of aromatic hydroxyl groups is 2. The summed E-state index contributed by atoms with van der Waals surface area (Å²) in [7, 11) is 0. The van der Waals surface area contributed by atoms with Gasteiger partial charge in [0.15, 0.2) is 29.2 Å². The van der Waals surface area contributed by atoms with E-state index in [0.717, 1.165) is 6.07 Å². The maximum atomic E-state index is 12.2. The molecule has 4 rings (SSSR count). The Balaban J connectivity index is 1.42. The Kier molecular flexibility index (Phi) is 5.84. The SMILES string of the molecule is Nc1ncnc2c1ncn2[C@@H]1O[C@H](/C=C/CNC(=O)c2cc(Cl)cc(O)c2O)[C@H](O)C1O. The van der Waals surface area contributed by atoms with Crippen molar-refractivity contribution in [3.8, 4) is 11.5 Å². The summed E-state index contributed by atoms with van der Waals surface area (Å²) in [6.45, 7) is 0.0106. The minimum absolute atomic E-state index is 0.0106. The topological polar surface area (TPSA) is 189 Å². The van der Waals surface area contributed by atoms with Crippen LogP contribution >= 0.6 is 11.6 Å². The van der Waals surface area contributed by atoms with Gasteiger partial charge in [-0.05, 0) is 6.07 Å². The zero-order chi connectivity index (χ0) is 23.0. The third kappa shape index (κ3) is 3.91. The van der Waals surface area contributed by atoms with E-state index in [1.54, 1.807) is 0 Å². The number of rotatable bonds is 5. The first-order valence-corrected chi connectivity index (χ1v) is 9.76. The molecule has 0 saturated carbocycles. The van der Waals surface area contributed by atoms with Gasteiger partial charge in [-0.2, -0.15) is 0 Å². The van der Waals surface area contributed by atoms with E-state index in [2.05, 4.69) is 20.3 Å². The number of aliphatic hydroxyl groups excluding tert-OH is 2. The zero-order valence-corrected chi connectivity index (χ0v) is 17.1. The smallest absolute Gasteiger partial charge is 0.255 e. The number of aromatic nitrogens is 4. The van der Waals surface area contributed by atoms with Crippen LogP contribution in [0.3, 0.4) is 0 Å². The summed E-state index contributed by atoms with van der Waals surface area (Å²) in [4.78, 5) is 24.3. The largest absolute Gasteiger partial charge is 0.504 e. The van der Waals surface area contributed by atoms with Crippen molar-refractivity contribution in [3.05, 3.63) is 47.5 Å². The van der Waals surface area contributed by atoms with Crippen molar-refractivity contribution in [2.75, 3.05) is 12.3 Å². The number of nitrogens with zero attached hydrogens (tertiary/aromatic N) is 4. The number of anilines is 1. The van der Waals surface area contributed by atoms with Crippen molar-refractivity contribution < 1.29 is 30.0 Å². The van der Waals surface area contributed by atoms with Crippen LogP contribution in [0.25, 0.3) is 11.2 Å². The van der Waals surface area contributed by atoms with Crippen LogP contribution in [0.1, 0.15) is 16.6 Å². The van der Waals surface area contributed by atoms with Crippen molar-refractivity contribution >= 4 is 34.5 Å². The van der Waals surface area contributed by atoms with Gasteiger partial charge >= 0.3 is 0 Å². The van der Waals surface area contributed by atoms with Gasteiger partial charge in [0.1, 0.15) is 30.2 Å². The van der Waals surface area contributed by atoms with Crippen LogP contribution in [0.2, 0.25) is 5.02 Å². The minimum atomic E-state index is -1.28. The molecule has 12 nitrogen and oxygen atoms in total. The lowest BCUT2D eigenvalue weighted by Gasteiger charge is -2.16. The van der Waals surface area contributed by atoms with Gasteiger partial charge in [0, 0.05) is 17.6 Å². The first-order chi connectivity index (χ1) is 15.3. The molecule has 13 heteroatoms. The van der Waals surface area contributed by atoms with Crippen LogP contribution in [0, 0.1) is 0 Å². The molecule has 168 valence electrons. The van der Waals surface area contributed by atoms with Gasteiger partial charge in [0.2, 0.25) is 0 Å². The van der Waals surface area contributed by atoms with E-state index >= 15 is 0 Å². The van der Waals surface area contributed by atoms with E-state index in [9.17, 15) is 25.2 Å². The number of nitrogens with two attached hydrogens (primary N) is 1. The normalized spacial score (nSPS) is 23.2. The molecular formula is C19H19ClN6O6. The van der Waals surface area contributed by atoms with Gasteiger partial charge in [0.05, 0.1) is 11.9 Å². The number of aliphatic hydroxyl groups is 2. The first-order valence-electron chi connectivity index (χ1n) is 9.39. The monoisotopic (exact) mass is 462 g/mol. The molecule has 2 aromatic heterocycles. The number of phenolic OH excluding ortho intramolecular Hbond substituents is 2. The summed E-state index contributed by atoms with van der Waals surface area (Å²) < 4.78 is 7.20. The van der Waals surface area contributed by atoms with Gasteiger partial charge in [-0.25, -0.2) is 15.0 Å². The highest BCUT2D eigenvalue weighted by atomic mass is 35.5. The molecule has 0 bridgehead atoms. The van der Waals surface area contributed by atoms with Gasteiger partial charge in [0.25, 0.3) is 5.91 Å². The standard InChI is InChI=1S/C19H19ClN6O6/c20-8-4-9(13(28)10(27)5-8)18(31)22-3-1-2-11-14(29)15(30)19(32-11)26-7-25-12-16(21)23-6-24-17(12)26/h1-2,4-7,11,14-15,19,27-30H,3H2,(H,22,31)(H2,21,23,24)/b2-1+/t11-,14+,15?,19-/m1/s1. The van der Waals surface area contributed by atoms with Crippen molar-refractivity contribution in [1.29, 1.82) is 0 Å². The number of nitrogen functional groups attached to an aromatic ring is 1. The number of hydrogen-bond acceptors (Lipinski definition) is 10. The Hall–Kier alpha value is -3.45. The summed E-state index contributed by atoms with van der Waals surface area (Å²) in [6.07, 6.45) is 1.24. The highest BCUT2D eigenvalue weighted by molar-refractivity contribution is 6.31.